The second-order valence-electron chi connectivity index (χ2n) is 3.61. The molecule has 1 amide bonds. The summed E-state index contributed by atoms with van der Waals surface area (Å²) >= 11 is 16.5. The number of thiocarbonyl (C=S) groups is 1. The van der Waals surface area contributed by atoms with Crippen molar-refractivity contribution in [2.24, 2.45) is 5.73 Å². The Morgan fingerprint density at radius 3 is 2.74 bits per heavy atom. The van der Waals surface area contributed by atoms with Crippen LogP contribution in [0.1, 0.15) is 15.9 Å². The maximum Gasteiger partial charge on any atom is 0.256 e. The number of anilines is 1. The highest BCUT2D eigenvalue weighted by atomic mass is 35.5. The van der Waals surface area contributed by atoms with Crippen molar-refractivity contribution in [1.82, 2.24) is 10.2 Å². The number of rotatable bonds is 3. The average molecular weight is 315 g/mol. The van der Waals surface area contributed by atoms with E-state index >= 15 is 0 Å². The van der Waals surface area contributed by atoms with Crippen molar-refractivity contribution in [3.05, 3.63) is 45.6 Å². The Labute approximate surface area is 124 Å². The molecular formula is C11H8Cl2N4OS. The third-order valence-corrected chi connectivity index (χ3v) is 3.28. The minimum Gasteiger partial charge on any atom is -0.389 e. The number of nitrogens with zero attached hydrogens (tertiary/aromatic N) is 1. The predicted molar refractivity (Wildman–Crippen MR) is 78.9 cm³/mol. The van der Waals surface area contributed by atoms with Crippen molar-refractivity contribution < 1.29 is 4.79 Å². The molecule has 1 aromatic carbocycles. The van der Waals surface area contributed by atoms with E-state index in [4.69, 9.17) is 41.2 Å². The molecule has 2 rings (SSSR count). The lowest BCUT2D eigenvalue weighted by molar-refractivity contribution is 0.102. The summed E-state index contributed by atoms with van der Waals surface area (Å²) in [7, 11) is 0. The van der Waals surface area contributed by atoms with E-state index in [-0.39, 0.29) is 10.9 Å². The second kappa shape index (κ2) is 5.56. The molecule has 2 aromatic rings. The summed E-state index contributed by atoms with van der Waals surface area (Å²) in [6.07, 6.45) is 1.44. The van der Waals surface area contributed by atoms with Crippen LogP contribution in [-0.2, 0) is 0 Å². The smallest absolute Gasteiger partial charge is 0.256 e. The summed E-state index contributed by atoms with van der Waals surface area (Å²) in [5.41, 5.74) is 6.32. The molecule has 98 valence electrons. The fourth-order valence-electron chi connectivity index (χ4n) is 1.39. The first-order chi connectivity index (χ1) is 8.99. The molecule has 0 atom stereocenters. The SMILES string of the molecule is NC(=S)c1cn[nH]c1NC(=O)c1ccc(Cl)c(Cl)c1. The number of halogens is 2. The number of benzene rings is 1. The Hall–Kier alpha value is -1.63. The number of hydrogen-bond acceptors (Lipinski definition) is 3. The molecule has 5 nitrogen and oxygen atoms in total. The van der Waals surface area contributed by atoms with Crippen molar-refractivity contribution in [1.29, 1.82) is 0 Å². The molecule has 1 aromatic heterocycles. The molecule has 1 heterocycles. The first-order valence-electron chi connectivity index (χ1n) is 5.08. The Morgan fingerprint density at radius 1 is 1.37 bits per heavy atom. The number of amides is 1. The molecule has 0 unspecified atom stereocenters. The summed E-state index contributed by atoms with van der Waals surface area (Å²) in [6.45, 7) is 0. The van der Waals surface area contributed by atoms with Crippen LogP contribution in [0.15, 0.2) is 24.4 Å². The number of nitrogens with one attached hydrogen (secondary N) is 2. The van der Waals surface area contributed by atoms with Crippen molar-refractivity contribution in [2.75, 3.05) is 5.32 Å². The van der Waals surface area contributed by atoms with Crippen LogP contribution in [0, 0.1) is 0 Å². The highest BCUT2D eigenvalue weighted by Crippen LogP contribution is 2.23. The Kier molecular flexibility index (Phi) is 4.04. The maximum absolute atomic E-state index is 12.0. The number of H-pyrrole nitrogens is 1. The lowest BCUT2D eigenvalue weighted by atomic mass is 10.2. The first kappa shape index (κ1) is 13.8. The van der Waals surface area contributed by atoms with Crippen molar-refractivity contribution in [2.45, 2.75) is 0 Å². The number of aromatic nitrogens is 2. The zero-order chi connectivity index (χ0) is 14.0. The lowest BCUT2D eigenvalue weighted by Crippen LogP contribution is -2.17. The minimum atomic E-state index is -0.375. The van der Waals surface area contributed by atoms with E-state index in [1.165, 1.54) is 12.3 Å². The van der Waals surface area contributed by atoms with Crippen LogP contribution in [0.3, 0.4) is 0 Å². The zero-order valence-electron chi connectivity index (χ0n) is 9.41. The number of hydrogen-bond donors (Lipinski definition) is 3. The number of carbonyl (C=O) groups excluding carboxylic acids is 1. The Bertz CT molecular complexity index is 656. The van der Waals surface area contributed by atoms with Gasteiger partial charge in [-0.15, -0.1) is 0 Å². The molecule has 0 spiro atoms. The fourth-order valence-corrected chi connectivity index (χ4v) is 1.84. The highest BCUT2D eigenvalue weighted by Gasteiger charge is 2.13. The summed E-state index contributed by atoms with van der Waals surface area (Å²) in [4.78, 5) is 12.1. The Balaban J connectivity index is 2.23. The maximum atomic E-state index is 12.0. The summed E-state index contributed by atoms with van der Waals surface area (Å²) < 4.78 is 0. The molecule has 0 bridgehead atoms. The molecular weight excluding hydrogens is 307 g/mol. The van der Waals surface area contributed by atoms with Gasteiger partial charge in [-0.25, -0.2) is 0 Å². The van der Waals surface area contributed by atoms with Gasteiger partial charge < -0.3 is 11.1 Å². The predicted octanol–water partition coefficient (Wildman–Crippen LogP) is 2.60. The monoisotopic (exact) mass is 314 g/mol. The van der Waals surface area contributed by atoms with Gasteiger partial charge in [0, 0.05) is 5.56 Å². The first-order valence-corrected chi connectivity index (χ1v) is 6.25. The van der Waals surface area contributed by atoms with E-state index in [9.17, 15) is 4.79 Å². The third kappa shape index (κ3) is 3.04. The third-order valence-electron chi connectivity index (χ3n) is 2.33. The molecule has 8 heteroatoms. The van der Waals surface area contributed by atoms with Gasteiger partial charge in [0.25, 0.3) is 5.91 Å². The molecule has 0 aliphatic rings. The van der Waals surface area contributed by atoms with Gasteiger partial charge in [-0.3, -0.25) is 9.89 Å². The van der Waals surface area contributed by atoms with E-state index in [2.05, 4.69) is 15.5 Å². The number of carbonyl (C=O) groups is 1. The molecule has 0 aliphatic carbocycles. The van der Waals surface area contributed by atoms with Gasteiger partial charge in [0.2, 0.25) is 0 Å². The van der Waals surface area contributed by atoms with Gasteiger partial charge in [-0.05, 0) is 18.2 Å². The van der Waals surface area contributed by atoms with Gasteiger partial charge in [0.05, 0.1) is 21.8 Å². The van der Waals surface area contributed by atoms with Crippen LogP contribution >= 0.6 is 35.4 Å². The quantitative estimate of drug-likeness (QED) is 0.760. The normalized spacial score (nSPS) is 10.2. The van der Waals surface area contributed by atoms with E-state index in [1.54, 1.807) is 12.1 Å². The average Bonchev–Trinajstić information content (AvgIpc) is 2.80. The highest BCUT2D eigenvalue weighted by molar-refractivity contribution is 7.80. The molecule has 0 radical (unpaired) electrons. The van der Waals surface area contributed by atoms with Gasteiger partial charge >= 0.3 is 0 Å². The molecule has 0 saturated carbocycles. The number of aromatic amines is 1. The van der Waals surface area contributed by atoms with E-state index in [0.29, 0.717) is 27.0 Å². The van der Waals surface area contributed by atoms with Gasteiger partial charge in [0.15, 0.2) is 0 Å². The minimum absolute atomic E-state index is 0.137. The van der Waals surface area contributed by atoms with Crippen LogP contribution in [0.2, 0.25) is 10.0 Å². The van der Waals surface area contributed by atoms with E-state index in [0.717, 1.165) is 0 Å². The molecule has 0 aliphatic heterocycles. The lowest BCUT2D eigenvalue weighted by Gasteiger charge is -2.05. The molecule has 19 heavy (non-hydrogen) atoms. The van der Waals surface area contributed by atoms with Crippen LogP contribution in [0.4, 0.5) is 5.82 Å². The molecule has 0 fully saturated rings. The second-order valence-corrected chi connectivity index (χ2v) is 4.86. The van der Waals surface area contributed by atoms with Crippen LogP contribution in [-0.4, -0.2) is 21.1 Å². The zero-order valence-corrected chi connectivity index (χ0v) is 11.7. The van der Waals surface area contributed by atoms with Gasteiger partial charge in [-0.1, -0.05) is 35.4 Å². The fraction of sp³-hybridized carbons (Fsp3) is 0. The van der Waals surface area contributed by atoms with Crippen molar-refractivity contribution >= 4 is 52.1 Å². The van der Waals surface area contributed by atoms with Crippen molar-refractivity contribution in [3.8, 4) is 0 Å². The standard InChI is InChI=1S/C11H8Cl2N4OS/c12-7-2-1-5(3-8(7)13)11(18)16-10-6(9(14)19)4-15-17-10/h1-4H,(H2,14,19)(H2,15,16,17,18). The molecule has 0 saturated heterocycles. The Morgan fingerprint density at radius 2 is 2.11 bits per heavy atom. The molecule has 4 N–H and O–H groups in total. The topological polar surface area (TPSA) is 83.8 Å². The summed E-state index contributed by atoms with van der Waals surface area (Å²) in [5.74, 6) is -0.0381. The van der Waals surface area contributed by atoms with Gasteiger partial charge in [-0.2, -0.15) is 5.10 Å². The summed E-state index contributed by atoms with van der Waals surface area (Å²) in [5, 5.41) is 9.66. The van der Waals surface area contributed by atoms with Crippen LogP contribution in [0.5, 0.6) is 0 Å². The van der Waals surface area contributed by atoms with Crippen LogP contribution < -0.4 is 11.1 Å². The summed E-state index contributed by atoms with van der Waals surface area (Å²) in [6, 6.07) is 4.57. The largest absolute Gasteiger partial charge is 0.389 e. The van der Waals surface area contributed by atoms with Gasteiger partial charge in [0.1, 0.15) is 10.8 Å². The van der Waals surface area contributed by atoms with Crippen LogP contribution in [0.25, 0.3) is 0 Å². The van der Waals surface area contributed by atoms with E-state index in [1.807, 2.05) is 0 Å². The van der Waals surface area contributed by atoms with Crippen molar-refractivity contribution in [3.63, 3.8) is 0 Å². The number of nitrogens with two attached hydrogens (primary N) is 1. The van der Waals surface area contributed by atoms with E-state index < -0.39 is 0 Å².